The van der Waals surface area contributed by atoms with E-state index in [1.54, 1.807) is 0 Å². The topological polar surface area (TPSA) is 54.4 Å². The molecule has 0 radical (unpaired) electrons. The molecule has 0 amide bonds. The summed E-state index contributed by atoms with van der Waals surface area (Å²) in [6, 6.07) is 7.85. The first-order chi connectivity index (χ1) is 9.35. The molecule has 0 aliphatic heterocycles. The van der Waals surface area contributed by atoms with Crippen molar-refractivity contribution in [2.24, 2.45) is 0 Å². The van der Waals surface area contributed by atoms with Crippen molar-refractivity contribution < 1.29 is 17.9 Å². The first-order valence-corrected chi connectivity index (χ1v) is 7.89. The van der Waals surface area contributed by atoms with E-state index in [0.717, 1.165) is 6.07 Å². The first-order valence-electron chi connectivity index (χ1n) is 5.86. The summed E-state index contributed by atoms with van der Waals surface area (Å²) in [5, 5.41) is 10.1. The van der Waals surface area contributed by atoms with Gasteiger partial charge in [-0.15, -0.1) is 0 Å². The summed E-state index contributed by atoms with van der Waals surface area (Å²) >= 11 is 5.82. The average Bonchev–Trinajstić information content (AvgIpc) is 2.41. The Hall–Kier alpha value is -1.59. The van der Waals surface area contributed by atoms with Gasteiger partial charge in [-0.05, 0) is 30.3 Å². The largest absolute Gasteiger partial charge is 0.507 e. The number of sulfone groups is 1. The number of phenols is 1. The molecule has 3 nitrogen and oxygen atoms in total. The second-order valence-corrected chi connectivity index (χ2v) is 6.92. The summed E-state index contributed by atoms with van der Waals surface area (Å²) in [4.78, 5) is -0.0808. The molecular formula is C14H12ClFO3S. The van der Waals surface area contributed by atoms with Gasteiger partial charge in [0.25, 0.3) is 0 Å². The number of hydrogen-bond acceptors (Lipinski definition) is 3. The molecule has 0 bridgehead atoms. The molecule has 0 atom stereocenters. The maximum atomic E-state index is 14.1. The Morgan fingerprint density at radius 3 is 2.45 bits per heavy atom. The Labute approximate surface area is 121 Å². The monoisotopic (exact) mass is 314 g/mol. The van der Waals surface area contributed by atoms with E-state index >= 15 is 0 Å². The molecular weight excluding hydrogens is 303 g/mol. The molecule has 2 aromatic carbocycles. The van der Waals surface area contributed by atoms with Crippen molar-refractivity contribution in [3.05, 3.63) is 47.2 Å². The van der Waals surface area contributed by atoms with E-state index in [4.69, 9.17) is 11.6 Å². The van der Waals surface area contributed by atoms with Crippen LogP contribution in [0.4, 0.5) is 4.39 Å². The van der Waals surface area contributed by atoms with E-state index in [0.29, 0.717) is 5.02 Å². The third-order valence-corrected chi connectivity index (χ3v) is 4.90. The van der Waals surface area contributed by atoms with Gasteiger partial charge in [0.15, 0.2) is 9.84 Å². The molecule has 0 heterocycles. The Morgan fingerprint density at radius 1 is 1.15 bits per heavy atom. The van der Waals surface area contributed by atoms with Crippen LogP contribution in [-0.4, -0.2) is 19.3 Å². The number of phenolic OH excluding ortho intramolecular Hbond substituents is 1. The lowest BCUT2D eigenvalue weighted by molar-refractivity contribution is 0.476. The van der Waals surface area contributed by atoms with E-state index in [1.807, 2.05) is 0 Å². The van der Waals surface area contributed by atoms with Gasteiger partial charge in [-0.1, -0.05) is 24.6 Å². The van der Waals surface area contributed by atoms with Gasteiger partial charge < -0.3 is 5.11 Å². The van der Waals surface area contributed by atoms with Crippen molar-refractivity contribution in [3.63, 3.8) is 0 Å². The molecule has 0 saturated carbocycles. The van der Waals surface area contributed by atoms with Gasteiger partial charge >= 0.3 is 0 Å². The fraction of sp³-hybridized carbons (Fsp3) is 0.143. The van der Waals surface area contributed by atoms with Gasteiger partial charge in [-0.25, -0.2) is 12.8 Å². The lowest BCUT2D eigenvalue weighted by Crippen LogP contribution is -2.04. The zero-order valence-electron chi connectivity index (χ0n) is 10.6. The van der Waals surface area contributed by atoms with Gasteiger partial charge in [0, 0.05) is 16.1 Å². The van der Waals surface area contributed by atoms with E-state index in [1.165, 1.54) is 37.3 Å². The molecule has 106 valence electrons. The van der Waals surface area contributed by atoms with Crippen LogP contribution in [0.1, 0.15) is 6.92 Å². The van der Waals surface area contributed by atoms with Crippen LogP contribution in [0.3, 0.4) is 0 Å². The summed E-state index contributed by atoms with van der Waals surface area (Å²) in [6.07, 6.45) is 0. The van der Waals surface area contributed by atoms with E-state index < -0.39 is 15.7 Å². The molecule has 0 aliphatic carbocycles. The van der Waals surface area contributed by atoms with Crippen molar-refractivity contribution in [1.82, 2.24) is 0 Å². The van der Waals surface area contributed by atoms with Gasteiger partial charge in [-0.3, -0.25) is 0 Å². The maximum absolute atomic E-state index is 14.1. The molecule has 0 aromatic heterocycles. The van der Waals surface area contributed by atoms with Crippen LogP contribution in [0.25, 0.3) is 11.1 Å². The second-order valence-electron chi connectivity index (χ2n) is 4.21. The number of halogens is 2. The smallest absolute Gasteiger partial charge is 0.178 e. The highest BCUT2D eigenvalue weighted by Gasteiger charge is 2.16. The molecule has 0 fully saturated rings. The number of rotatable bonds is 3. The van der Waals surface area contributed by atoms with Crippen LogP contribution < -0.4 is 0 Å². The van der Waals surface area contributed by atoms with Crippen LogP contribution in [-0.2, 0) is 9.84 Å². The maximum Gasteiger partial charge on any atom is 0.178 e. The molecule has 1 N–H and O–H groups in total. The molecule has 0 spiro atoms. The molecule has 2 aromatic rings. The second kappa shape index (κ2) is 5.42. The predicted octanol–water partition coefficient (Wildman–Crippen LogP) is 3.65. The molecule has 20 heavy (non-hydrogen) atoms. The number of hydrogen-bond donors (Lipinski definition) is 1. The minimum atomic E-state index is -3.47. The van der Waals surface area contributed by atoms with E-state index in [2.05, 4.69) is 0 Å². The minimum Gasteiger partial charge on any atom is -0.507 e. The first kappa shape index (κ1) is 14.8. The number of aromatic hydroxyl groups is 1. The van der Waals surface area contributed by atoms with Gasteiger partial charge in [0.05, 0.1) is 10.6 Å². The normalized spacial score (nSPS) is 11.6. The van der Waals surface area contributed by atoms with Gasteiger partial charge in [0.1, 0.15) is 11.6 Å². The van der Waals surface area contributed by atoms with Gasteiger partial charge in [-0.2, -0.15) is 0 Å². The molecule has 6 heteroatoms. The highest BCUT2D eigenvalue weighted by molar-refractivity contribution is 7.91. The molecule has 0 unspecified atom stereocenters. The zero-order chi connectivity index (χ0) is 14.9. The summed E-state index contributed by atoms with van der Waals surface area (Å²) in [7, 11) is -3.47. The molecule has 2 rings (SSSR count). The lowest BCUT2D eigenvalue weighted by Gasteiger charge is -2.08. The third-order valence-electron chi connectivity index (χ3n) is 2.93. The standard InChI is InChI=1S/C14H12ClFO3S/c1-2-20(18,19)10-4-5-11(13(16)8-10)12-7-9(15)3-6-14(12)17/h3-8,17H,2H2,1H3. The Bertz CT molecular complexity index is 757. The minimum absolute atomic E-state index is 0.0808. The Balaban J connectivity index is 2.58. The van der Waals surface area contributed by atoms with Crippen molar-refractivity contribution >= 4 is 21.4 Å². The summed E-state index contributed by atoms with van der Waals surface area (Å²) < 4.78 is 37.5. The fourth-order valence-electron chi connectivity index (χ4n) is 1.80. The summed E-state index contributed by atoms with van der Waals surface area (Å²) in [5.41, 5.74) is 0.315. The van der Waals surface area contributed by atoms with Crippen molar-refractivity contribution in [2.45, 2.75) is 11.8 Å². The highest BCUT2D eigenvalue weighted by Crippen LogP contribution is 2.34. The lowest BCUT2D eigenvalue weighted by atomic mass is 10.0. The predicted molar refractivity (Wildman–Crippen MR) is 76.2 cm³/mol. The van der Waals surface area contributed by atoms with Crippen molar-refractivity contribution in [3.8, 4) is 16.9 Å². The van der Waals surface area contributed by atoms with Crippen LogP contribution in [0.2, 0.25) is 5.02 Å². The van der Waals surface area contributed by atoms with Crippen LogP contribution >= 0.6 is 11.6 Å². The third kappa shape index (κ3) is 2.78. The molecule has 0 aliphatic rings. The SMILES string of the molecule is CCS(=O)(=O)c1ccc(-c2cc(Cl)ccc2O)c(F)c1. The fourth-order valence-corrected chi connectivity index (χ4v) is 2.86. The zero-order valence-corrected chi connectivity index (χ0v) is 12.2. The van der Waals surface area contributed by atoms with Crippen LogP contribution in [0, 0.1) is 5.82 Å². The summed E-state index contributed by atoms with van der Waals surface area (Å²) in [6.45, 7) is 1.49. The van der Waals surface area contributed by atoms with Crippen LogP contribution in [0.15, 0.2) is 41.3 Å². The number of benzene rings is 2. The van der Waals surface area contributed by atoms with E-state index in [-0.39, 0.29) is 27.5 Å². The average molecular weight is 315 g/mol. The van der Waals surface area contributed by atoms with E-state index in [9.17, 15) is 17.9 Å². The van der Waals surface area contributed by atoms with Crippen LogP contribution in [0.5, 0.6) is 5.75 Å². The highest BCUT2D eigenvalue weighted by atomic mass is 35.5. The van der Waals surface area contributed by atoms with Crippen molar-refractivity contribution in [2.75, 3.05) is 5.75 Å². The quantitative estimate of drug-likeness (QED) is 0.941. The Morgan fingerprint density at radius 2 is 1.85 bits per heavy atom. The molecule has 0 saturated heterocycles. The van der Waals surface area contributed by atoms with Crippen molar-refractivity contribution in [1.29, 1.82) is 0 Å². The Kier molecular flexibility index (Phi) is 4.01. The summed E-state index contributed by atoms with van der Waals surface area (Å²) in [5.74, 6) is -0.953. The van der Waals surface area contributed by atoms with Gasteiger partial charge in [0.2, 0.25) is 0 Å².